The summed E-state index contributed by atoms with van der Waals surface area (Å²) >= 11 is 1.55. The third kappa shape index (κ3) is 4.23. The van der Waals surface area contributed by atoms with Gasteiger partial charge in [0.25, 0.3) is 0 Å². The van der Waals surface area contributed by atoms with Gasteiger partial charge in [-0.1, -0.05) is 0 Å². The van der Waals surface area contributed by atoms with E-state index < -0.39 is 10.0 Å². The minimum absolute atomic E-state index is 0.0211. The van der Waals surface area contributed by atoms with Gasteiger partial charge in [-0.25, -0.2) is 8.42 Å². The molecule has 0 aromatic heterocycles. The summed E-state index contributed by atoms with van der Waals surface area (Å²) in [7, 11) is -3.65. The Kier molecular flexibility index (Phi) is 5.86. The van der Waals surface area contributed by atoms with Crippen molar-refractivity contribution in [2.75, 3.05) is 42.1 Å². The first kappa shape index (κ1) is 20.9. The molecule has 1 fully saturated rings. The average Bonchev–Trinajstić information content (AvgIpc) is 2.93. The van der Waals surface area contributed by atoms with Gasteiger partial charge >= 0.3 is 0 Å². The van der Waals surface area contributed by atoms with Crippen LogP contribution in [0.3, 0.4) is 0 Å². The van der Waals surface area contributed by atoms with E-state index in [0.717, 1.165) is 10.6 Å². The molecule has 2 aromatic rings. The predicted molar refractivity (Wildman–Crippen MR) is 118 cm³/mol. The van der Waals surface area contributed by atoms with Gasteiger partial charge in [0.05, 0.1) is 10.6 Å². The Hall–Kier alpha value is -2.36. The van der Waals surface area contributed by atoms with Crippen molar-refractivity contribution >= 4 is 44.9 Å². The van der Waals surface area contributed by atoms with Crippen LogP contribution in [-0.2, 0) is 14.8 Å². The molecule has 2 aromatic carbocycles. The standard InChI is InChI=1S/C21H23N3O4S2/c1-15(25)16-2-4-17(5-3-16)23-9-11-24(12-10-23)30(27,28)18-6-7-20-19(14-18)22-21(26)8-13-29-20/h2-7,14H,8-13H2,1H3,(H,22,26). The monoisotopic (exact) mass is 445 g/mol. The summed E-state index contributed by atoms with van der Waals surface area (Å²) in [6, 6.07) is 12.3. The van der Waals surface area contributed by atoms with E-state index in [1.165, 1.54) is 11.2 Å². The Morgan fingerprint density at radius 1 is 1.03 bits per heavy atom. The zero-order valence-electron chi connectivity index (χ0n) is 16.6. The largest absolute Gasteiger partial charge is 0.369 e. The van der Waals surface area contributed by atoms with Crippen molar-refractivity contribution in [3.63, 3.8) is 0 Å². The van der Waals surface area contributed by atoms with Crippen LogP contribution in [-0.4, -0.2) is 56.3 Å². The van der Waals surface area contributed by atoms with Crippen LogP contribution >= 0.6 is 11.8 Å². The van der Waals surface area contributed by atoms with Crippen molar-refractivity contribution in [1.29, 1.82) is 0 Å². The maximum absolute atomic E-state index is 13.2. The molecule has 2 aliphatic rings. The fourth-order valence-corrected chi connectivity index (χ4v) is 5.99. The van der Waals surface area contributed by atoms with Crippen molar-refractivity contribution < 1.29 is 18.0 Å². The Bertz CT molecular complexity index is 1080. The third-order valence-corrected chi connectivity index (χ3v) is 8.30. The van der Waals surface area contributed by atoms with Crippen LogP contribution in [0.5, 0.6) is 0 Å². The van der Waals surface area contributed by atoms with Gasteiger partial charge in [0.2, 0.25) is 15.9 Å². The van der Waals surface area contributed by atoms with Gasteiger partial charge in [-0.3, -0.25) is 9.59 Å². The highest BCUT2D eigenvalue weighted by molar-refractivity contribution is 7.99. The maximum atomic E-state index is 13.2. The van der Waals surface area contributed by atoms with Crippen LogP contribution in [0.1, 0.15) is 23.7 Å². The van der Waals surface area contributed by atoms with Crippen LogP contribution in [0.4, 0.5) is 11.4 Å². The molecule has 1 N–H and O–H groups in total. The number of rotatable bonds is 4. The van der Waals surface area contributed by atoms with Crippen molar-refractivity contribution in [2.45, 2.75) is 23.1 Å². The number of anilines is 2. The van der Waals surface area contributed by atoms with E-state index in [1.54, 1.807) is 42.1 Å². The first-order valence-corrected chi connectivity index (χ1v) is 12.2. The zero-order chi connectivity index (χ0) is 21.3. The molecule has 0 unspecified atom stereocenters. The molecule has 0 atom stereocenters. The van der Waals surface area contributed by atoms with E-state index in [-0.39, 0.29) is 16.6 Å². The fraction of sp³-hybridized carbons (Fsp3) is 0.333. The normalized spacial score (nSPS) is 17.8. The minimum Gasteiger partial charge on any atom is -0.369 e. The number of amides is 1. The Labute approximate surface area is 180 Å². The molecule has 30 heavy (non-hydrogen) atoms. The van der Waals surface area contributed by atoms with Gasteiger partial charge in [-0.15, -0.1) is 11.8 Å². The van der Waals surface area contributed by atoms with E-state index in [2.05, 4.69) is 10.2 Å². The summed E-state index contributed by atoms with van der Waals surface area (Å²) in [5.74, 6) is 0.605. The molecule has 2 heterocycles. The maximum Gasteiger partial charge on any atom is 0.243 e. The van der Waals surface area contributed by atoms with E-state index in [1.807, 2.05) is 12.1 Å². The van der Waals surface area contributed by atoms with Crippen LogP contribution in [0.2, 0.25) is 0 Å². The summed E-state index contributed by atoms with van der Waals surface area (Å²) in [5, 5.41) is 2.80. The Balaban J connectivity index is 1.47. The number of nitrogens with zero attached hydrogens (tertiary/aromatic N) is 2. The number of carbonyl (C=O) groups excluding carboxylic acids is 2. The van der Waals surface area contributed by atoms with Gasteiger partial charge < -0.3 is 10.2 Å². The smallest absolute Gasteiger partial charge is 0.243 e. The number of ketones is 1. The predicted octanol–water partition coefficient (Wildman–Crippen LogP) is 2.83. The van der Waals surface area contributed by atoms with Crippen molar-refractivity contribution in [3.8, 4) is 0 Å². The Morgan fingerprint density at radius 3 is 2.40 bits per heavy atom. The quantitative estimate of drug-likeness (QED) is 0.729. The van der Waals surface area contributed by atoms with E-state index in [9.17, 15) is 18.0 Å². The first-order chi connectivity index (χ1) is 14.3. The molecule has 158 valence electrons. The highest BCUT2D eigenvalue weighted by Crippen LogP contribution is 2.33. The lowest BCUT2D eigenvalue weighted by atomic mass is 10.1. The number of hydrogen-bond acceptors (Lipinski definition) is 6. The summed E-state index contributed by atoms with van der Waals surface area (Å²) in [6.07, 6.45) is 0.413. The Morgan fingerprint density at radius 2 is 1.73 bits per heavy atom. The highest BCUT2D eigenvalue weighted by Gasteiger charge is 2.29. The summed E-state index contributed by atoms with van der Waals surface area (Å²) in [4.78, 5) is 26.5. The minimum atomic E-state index is -3.65. The second-order valence-electron chi connectivity index (χ2n) is 7.30. The summed E-state index contributed by atoms with van der Waals surface area (Å²) in [6.45, 7) is 3.40. The van der Waals surface area contributed by atoms with Gasteiger partial charge in [0, 0.05) is 54.5 Å². The molecule has 2 aliphatic heterocycles. The van der Waals surface area contributed by atoms with Crippen LogP contribution in [0, 0.1) is 0 Å². The van der Waals surface area contributed by atoms with Crippen molar-refractivity contribution in [3.05, 3.63) is 48.0 Å². The van der Waals surface area contributed by atoms with Crippen molar-refractivity contribution in [1.82, 2.24) is 4.31 Å². The molecule has 9 heteroatoms. The average molecular weight is 446 g/mol. The van der Waals surface area contributed by atoms with Gasteiger partial charge in [-0.2, -0.15) is 4.31 Å². The molecule has 4 rings (SSSR count). The van der Waals surface area contributed by atoms with E-state index in [4.69, 9.17) is 0 Å². The molecule has 0 radical (unpaired) electrons. The lowest BCUT2D eigenvalue weighted by molar-refractivity contribution is -0.115. The molecule has 7 nitrogen and oxygen atoms in total. The van der Waals surface area contributed by atoms with Gasteiger partial charge in [0.1, 0.15) is 0 Å². The zero-order valence-corrected chi connectivity index (χ0v) is 18.3. The summed E-state index contributed by atoms with van der Waals surface area (Å²) < 4.78 is 27.8. The van der Waals surface area contributed by atoms with Gasteiger partial charge in [0.15, 0.2) is 5.78 Å². The molecule has 0 spiro atoms. The number of benzene rings is 2. The van der Waals surface area contributed by atoms with Gasteiger partial charge in [-0.05, 0) is 49.4 Å². The second-order valence-corrected chi connectivity index (χ2v) is 10.4. The topological polar surface area (TPSA) is 86.8 Å². The number of Topliss-reactive ketones (excluding diaryl/α,β-unsaturated/α-hetero) is 1. The van der Waals surface area contributed by atoms with Crippen LogP contribution in [0.15, 0.2) is 52.3 Å². The van der Waals surface area contributed by atoms with Crippen LogP contribution in [0.25, 0.3) is 0 Å². The molecule has 0 saturated carbocycles. The fourth-order valence-electron chi connectivity index (χ4n) is 3.60. The number of carbonyl (C=O) groups is 2. The summed E-state index contributed by atoms with van der Waals surface area (Å²) in [5.41, 5.74) is 2.20. The first-order valence-electron chi connectivity index (χ1n) is 9.77. The second kappa shape index (κ2) is 8.41. The number of hydrogen-bond donors (Lipinski definition) is 1. The molecule has 1 amide bonds. The lowest BCUT2D eigenvalue weighted by Gasteiger charge is -2.35. The molecule has 1 saturated heterocycles. The molecular weight excluding hydrogens is 422 g/mol. The third-order valence-electron chi connectivity index (χ3n) is 5.33. The highest BCUT2D eigenvalue weighted by atomic mass is 32.2. The molecular formula is C21H23N3O4S2. The lowest BCUT2D eigenvalue weighted by Crippen LogP contribution is -2.48. The van der Waals surface area contributed by atoms with E-state index >= 15 is 0 Å². The number of thioether (sulfide) groups is 1. The number of nitrogens with one attached hydrogen (secondary N) is 1. The number of sulfonamides is 1. The number of piperazine rings is 1. The molecule has 0 bridgehead atoms. The van der Waals surface area contributed by atoms with Crippen molar-refractivity contribution in [2.24, 2.45) is 0 Å². The van der Waals surface area contributed by atoms with Crippen LogP contribution < -0.4 is 10.2 Å². The van der Waals surface area contributed by atoms with E-state index in [0.29, 0.717) is 49.6 Å². The SMILES string of the molecule is CC(=O)c1ccc(N2CCN(S(=O)(=O)c3ccc4c(c3)NC(=O)CCS4)CC2)cc1. The molecule has 0 aliphatic carbocycles. The number of fused-ring (bicyclic) bond motifs is 1.